The van der Waals surface area contributed by atoms with Gasteiger partial charge < -0.3 is 5.32 Å². The second-order valence-corrected chi connectivity index (χ2v) is 5.74. The lowest BCUT2D eigenvalue weighted by molar-refractivity contribution is 0.0939. The summed E-state index contributed by atoms with van der Waals surface area (Å²) in [6.45, 7) is 0. The van der Waals surface area contributed by atoms with Gasteiger partial charge in [0, 0.05) is 12.4 Å². The van der Waals surface area contributed by atoms with Crippen LogP contribution in [0, 0.1) is 5.82 Å². The fourth-order valence-electron chi connectivity index (χ4n) is 2.36. The summed E-state index contributed by atoms with van der Waals surface area (Å²) < 4.78 is 14.7. The average molecular weight is 371 g/mol. The number of aromatic nitrogens is 2. The molecule has 0 bridgehead atoms. The number of fused-ring (bicyclic) bond motifs is 1. The van der Waals surface area contributed by atoms with E-state index in [1.807, 2.05) is 0 Å². The van der Waals surface area contributed by atoms with Crippen molar-refractivity contribution in [2.75, 3.05) is 5.32 Å². The summed E-state index contributed by atoms with van der Waals surface area (Å²) in [4.78, 5) is 24.5. The molecule has 1 amide bonds. The van der Waals surface area contributed by atoms with E-state index in [2.05, 4.69) is 21.3 Å². The molecule has 1 heterocycles. The van der Waals surface area contributed by atoms with Gasteiger partial charge in [-0.25, -0.2) is 9.07 Å². The number of nitrogens with one attached hydrogen (secondary N) is 3. The first-order chi connectivity index (χ1) is 12.5. The van der Waals surface area contributed by atoms with Crippen molar-refractivity contribution < 1.29 is 9.18 Å². The highest BCUT2D eigenvalue weighted by Gasteiger charge is 2.15. The van der Waals surface area contributed by atoms with Gasteiger partial charge in [0.05, 0.1) is 11.1 Å². The van der Waals surface area contributed by atoms with E-state index in [4.69, 9.17) is 12.2 Å². The average Bonchev–Trinajstić information content (AvgIpc) is 2.64. The number of halogens is 1. The summed E-state index contributed by atoms with van der Waals surface area (Å²) in [6.07, 6.45) is 0. The van der Waals surface area contributed by atoms with Crippen molar-refractivity contribution >= 4 is 39.7 Å². The molecule has 0 saturated heterocycles. The van der Waals surface area contributed by atoms with Crippen LogP contribution in [-0.4, -0.2) is 20.8 Å². The molecule has 0 unspecified atom stereocenters. The normalized spacial score (nSPS) is 10.4. The molecule has 3 N–H and O–H groups in total. The van der Waals surface area contributed by atoms with E-state index in [1.165, 1.54) is 19.2 Å². The fourth-order valence-corrected chi connectivity index (χ4v) is 2.52. The molecular weight excluding hydrogens is 357 g/mol. The maximum Gasteiger partial charge on any atom is 0.290 e. The number of carbonyl (C=O) groups is 1. The Morgan fingerprint density at radius 1 is 1.08 bits per heavy atom. The zero-order valence-corrected chi connectivity index (χ0v) is 14.4. The lowest BCUT2D eigenvalue weighted by Crippen LogP contribution is -2.44. The lowest BCUT2D eigenvalue weighted by Gasteiger charge is -2.13. The summed E-state index contributed by atoms with van der Waals surface area (Å²) in [5, 5.41) is 7.43. The number of para-hydroxylation sites is 1. The van der Waals surface area contributed by atoms with Crippen LogP contribution in [0.3, 0.4) is 0 Å². The van der Waals surface area contributed by atoms with Crippen LogP contribution >= 0.6 is 12.2 Å². The molecule has 0 aliphatic rings. The highest BCUT2D eigenvalue weighted by atomic mass is 32.1. The van der Waals surface area contributed by atoms with Crippen LogP contribution < -0.4 is 21.7 Å². The molecule has 0 radical (unpaired) electrons. The van der Waals surface area contributed by atoms with Crippen LogP contribution in [0.15, 0.2) is 53.3 Å². The number of carbonyl (C=O) groups excluding carboxylic acids is 1. The Hall–Kier alpha value is -3.33. The molecular formula is C17H14FN5O2S. The Labute approximate surface area is 152 Å². The maximum absolute atomic E-state index is 13.6. The molecule has 0 spiro atoms. The minimum absolute atomic E-state index is 0.00224. The van der Waals surface area contributed by atoms with E-state index >= 15 is 0 Å². The van der Waals surface area contributed by atoms with Gasteiger partial charge in [0.25, 0.3) is 11.5 Å². The van der Waals surface area contributed by atoms with E-state index in [0.717, 1.165) is 4.68 Å². The Morgan fingerprint density at radius 2 is 1.73 bits per heavy atom. The third kappa shape index (κ3) is 3.52. The fraction of sp³-hybridized carbons (Fsp3) is 0.0588. The Morgan fingerprint density at radius 3 is 2.46 bits per heavy atom. The van der Waals surface area contributed by atoms with Crippen molar-refractivity contribution in [1.29, 1.82) is 0 Å². The molecule has 7 nitrogen and oxygen atoms in total. The Bertz CT molecular complexity index is 1070. The molecule has 2 aromatic carbocycles. The summed E-state index contributed by atoms with van der Waals surface area (Å²) in [5.41, 5.74) is 4.79. The molecule has 26 heavy (non-hydrogen) atoms. The van der Waals surface area contributed by atoms with Crippen molar-refractivity contribution in [3.63, 3.8) is 0 Å². The Kier molecular flexibility index (Phi) is 4.90. The summed E-state index contributed by atoms with van der Waals surface area (Å²) in [7, 11) is 1.46. The van der Waals surface area contributed by atoms with Gasteiger partial charge in [0.2, 0.25) is 0 Å². The van der Waals surface area contributed by atoms with Crippen LogP contribution in [-0.2, 0) is 7.05 Å². The van der Waals surface area contributed by atoms with Crippen molar-refractivity contribution in [2.24, 2.45) is 7.05 Å². The van der Waals surface area contributed by atoms with Crippen LogP contribution in [0.5, 0.6) is 0 Å². The van der Waals surface area contributed by atoms with Gasteiger partial charge in [-0.2, -0.15) is 5.10 Å². The topological polar surface area (TPSA) is 88.1 Å². The smallest absolute Gasteiger partial charge is 0.290 e. The number of hydrogen-bond donors (Lipinski definition) is 3. The van der Waals surface area contributed by atoms with Gasteiger partial charge in [0.1, 0.15) is 5.82 Å². The largest absolute Gasteiger partial charge is 0.329 e. The van der Waals surface area contributed by atoms with Crippen LogP contribution in [0.25, 0.3) is 10.8 Å². The molecule has 132 valence electrons. The van der Waals surface area contributed by atoms with E-state index in [9.17, 15) is 14.0 Å². The molecule has 0 saturated carbocycles. The third-order valence-electron chi connectivity index (χ3n) is 3.58. The van der Waals surface area contributed by atoms with Gasteiger partial charge in [-0.1, -0.05) is 30.3 Å². The zero-order chi connectivity index (χ0) is 18.7. The van der Waals surface area contributed by atoms with E-state index in [0.29, 0.717) is 10.8 Å². The van der Waals surface area contributed by atoms with Gasteiger partial charge in [-0.05, 0) is 30.4 Å². The standard InChI is InChI=1S/C17H14FN5O2S/c1-23-16(25)11-7-3-2-6-10(11)14(22-23)15(24)20-21-17(26)19-13-9-5-4-8-12(13)18/h2-9H,1H3,(H,20,24)(H2,19,21,26). The van der Waals surface area contributed by atoms with Gasteiger partial charge in [0.15, 0.2) is 10.8 Å². The van der Waals surface area contributed by atoms with E-state index in [-0.39, 0.29) is 22.1 Å². The van der Waals surface area contributed by atoms with Crippen molar-refractivity contribution in [3.05, 3.63) is 70.4 Å². The van der Waals surface area contributed by atoms with E-state index in [1.54, 1.807) is 36.4 Å². The predicted molar refractivity (Wildman–Crippen MR) is 100 cm³/mol. The van der Waals surface area contributed by atoms with Crippen molar-refractivity contribution in [3.8, 4) is 0 Å². The number of thiocarbonyl (C=S) groups is 1. The molecule has 9 heteroatoms. The molecule has 0 aliphatic heterocycles. The highest BCUT2D eigenvalue weighted by molar-refractivity contribution is 7.80. The Balaban J connectivity index is 1.76. The van der Waals surface area contributed by atoms with Crippen molar-refractivity contribution in [2.45, 2.75) is 0 Å². The maximum atomic E-state index is 13.6. The number of nitrogens with zero attached hydrogens (tertiary/aromatic N) is 2. The molecule has 3 aromatic rings. The first-order valence-corrected chi connectivity index (χ1v) is 7.96. The monoisotopic (exact) mass is 371 g/mol. The number of hydrogen-bond acceptors (Lipinski definition) is 4. The molecule has 0 fully saturated rings. The van der Waals surface area contributed by atoms with Crippen LogP contribution in [0.1, 0.15) is 10.5 Å². The van der Waals surface area contributed by atoms with Gasteiger partial charge >= 0.3 is 0 Å². The third-order valence-corrected chi connectivity index (χ3v) is 3.79. The van der Waals surface area contributed by atoms with Gasteiger partial charge in [-0.3, -0.25) is 20.4 Å². The number of hydrazine groups is 1. The molecule has 3 rings (SSSR count). The number of benzene rings is 2. The molecule has 0 atom stereocenters. The summed E-state index contributed by atoms with van der Waals surface area (Å²) in [5.74, 6) is -1.07. The van der Waals surface area contributed by atoms with Crippen molar-refractivity contribution in [1.82, 2.24) is 20.6 Å². The summed E-state index contributed by atoms with van der Waals surface area (Å²) in [6, 6.07) is 12.7. The SMILES string of the molecule is Cn1nc(C(=O)NNC(=S)Nc2ccccc2F)c2ccccc2c1=O. The minimum Gasteiger partial charge on any atom is -0.329 e. The second-order valence-electron chi connectivity index (χ2n) is 5.34. The lowest BCUT2D eigenvalue weighted by atomic mass is 10.1. The minimum atomic E-state index is -0.588. The van der Waals surface area contributed by atoms with Crippen LogP contribution in [0.4, 0.5) is 10.1 Å². The zero-order valence-electron chi connectivity index (χ0n) is 13.6. The number of anilines is 1. The predicted octanol–water partition coefficient (Wildman–Crippen LogP) is 1.70. The second kappa shape index (κ2) is 7.28. The number of aryl methyl sites for hydroxylation is 1. The molecule has 1 aromatic heterocycles. The summed E-state index contributed by atoms with van der Waals surface area (Å²) >= 11 is 5.03. The quantitative estimate of drug-likeness (QED) is 0.470. The number of rotatable bonds is 2. The highest BCUT2D eigenvalue weighted by Crippen LogP contribution is 2.13. The first kappa shape index (κ1) is 17.5. The first-order valence-electron chi connectivity index (χ1n) is 7.55. The van der Waals surface area contributed by atoms with E-state index < -0.39 is 11.7 Å². The molecule has 0 aliphatic carbocycles. The number of amides is 1. The van der Waals surface area contributed by atoms with Gasteiger partial charge in [-0.15, -0.1) is 0 Å². The van der Waals surface area contributed by atoms with Crippen LogP contribution in [0.2, 0.25) is 0 Å².